The van der Waals surface area contributed by atoms with Gasteiger partial charge in [0.1, 0.15) is 11.8 Å². The highest BCUT2D eigenvalue weighted by atomic mass is 16.7. The number of hydroxylamine groups is 2. The molecule has 9 heteroatoms. The minimum atomic E-state index is -0.821. The van der Waals surface area contributed by atoms with Crippen LogP contribution in [0.5, 0.6) is 0 Å². The third-order valence-electron chi connectivity index (χ3n) is 3.76. The Balaban J connectivity index is 2.05. The van der Waals surface area contributed by atoms with Crippen molar-refractivity contribution in [1.82, 2.24) is 21.6 Å². The van der Waals surface area contributed by atoms with Gasteiger partial charge in [0, 0.05) is 25.2 Å². The lowest BCUT2D eigenvalue weighted by Crippen LogP contribution is -2.55. The largest absolute Gasteiger partial charge is 0.444 e. The van der Waals surface area contributed by atoms with Crippen LogP contribution >= 0.6 is 0 Å². The Labute approximate surface area is 156 Å². The first-order chi connectivity index (χ1) is 12.3. The fourth-order valence-electron chi connectivity index (χ4n) is 2.39. The summed E-state index contributed by atoms with van der Waals surface area (Å²) >= 11 is 0. The van der Waals surface area contributed by atoms with E-state index in [1.54, 1.807) is 20.8 Å². The predicted molar refractivity (Wildman–Crippen MR) is 98.1 cm³/mol. The monoisotopic (exact) mass is 376 g/mol. The summed E-state index contributed by atoms with van der Waals surface area (Å²) in [7, 11) is 0. The zero-order valence-corrected chi connectivity index (χ0v) is 16.5. The molecule has 0 aromatic heterocycles. The van der Waals surface area contributed by atoms with Gasteiger partial charge in [-0.15, -0.1) is 0 Å². The number of hydrogen-bond acceptors (Lipinski definition) is 8. The summed E-state index contributed by atoms with van der Waals surface area (Å²) in [6.07, 6.45) is 2.54. The highest BCUT2D eigenvalue weighted by Gasteiger charge is 2.26. The quantitative estimate of drug-likeness (QED) is 0.204. The van der Waals surface area contributed by atoms with Crippen LogP contribution in [0.2, 0.25) is 0 Å². The first-order valence-electron chi connectivity index (χ1n) is 9.44. The van der Waals surface area contributed by atoms with Crippen LogP contribution in [0.3, 0.4) is 0 Å². The van der Waals surface area contributed by atoms with E-state index in [-0.39, 0.29) is 25.2 Å². The van der Waals surface area contributed by atoms with Crippen LogP contribution in [-0.2, 0) is 14.4 Å². The number of carbonyl (C=O) groups excluding carboxylic acids is 1. The van der Waals surface area contributed by atoms with Gasteiger partial charge in [-0.1, -0.05) is 13.3 Å². The van der Waals surface area contributed by atoms with Crippen molar-refractivity contribution >= 4 is 6.09 Å². The highest BCUT2D eigenvalue weighted by Crippen LogP contribution is 2.10. The number of rotatable bonds is 11. The summed E-state index contributed by atoms with van der Waals surface area (Å²) in [6, 6.07) is 0.150. The molecule has 9 nitrogen and oxygen atoms in total. The fourth-order valence-corrected chi connectivity index (χ4v) is 2.39. The van der Waals surface area contributed by atoms with E-state index in [9.17, 15) is 9.90 Å². The Morgan fingerprint density at radius 2 is 2.04 bits per heavy atom. The zero-order chi connectivity index (χ0) is 19.4. The van der Waals surface area contributed by atoms with Crippen LogP contribution in [0.4, 0.5) is 4.79 Å². The number of aliphatic hydroxyl groups excluding tert-OH is 1. The maximum atomic E-state index is 11.5. The molecule has 1 aliphatic rings. The number of hydrogen-bond donors (Lipinski definition) is 5. The average Bonchev–Trinajstić information content (AvgIpc) is 2.57. The lowest BCUT2D eigenvalue weighted by molar-refractivity contribution is -0.0773. The molecule has 1 rings (SSSR count). The second-order valence-corrected chi connectivity index (χ2v) is 7.45. The van der Waals surface area contributed by atoms with Gasteiger partial charge in [0.15, 0.2) is 0 Å². The van der Waals surface area contributed by atoms with E-state index in [2.05, 4.69) is 28.5 Å². The number of ether oxygens (including phenoxy) is 1. The van der Waals surface area contributed by atoms with Gasteiger partial charge in [0.25, 0.3) is 0 Å². The number of nitrogens with one attached hydrogen (secondary N) is 4. The van der Waals surface area contributed by atoms with Gasteiger partial charge in [-0.2, -0.15) is 11.0 Å². The molecule has 0 spiro atoms. The Kier molecular flexibility index (Phi) is 11.0. The molecule has 1 heterocycles. The first kappa shape index (κ1) is 23.1. The third kappa shape index (κ3) is 10.9. The minimum Gasteiger partial charge on any atom is -0.444 e. The molecule has 0 aromatic rings. The molecule has 0 aromatic carbocycles. The van der Waals surface area contributed by atoms with Crippen LogP contribution in [0.15, 0.2) is 0 Å². The molecule has 0 radical (unpaired) electrons. The van der Waals surface area contributed by atoms with Crippen molar-refractivity contribution in [3.05, 3.63) is 0 Å². The third-order valence-corrected chi connectivity index (χ3v) is 3.76. The van der Waals surface area contributed by atoms with Gasteiger partial charge in [-0.3, -0.25) is 4.84 Å². The van der Waals surface area contributed by atoms with E-state index < -0.39 is 17.9 Å². The molecule has 0 aliphatic carbocycles. The van der Waals surface area contributed by atoms with Crippen LogP contribution in [0.1, 0.15) is 53.4 Å². The molecule has 1 fully saturated rings. The molecule has 1 unspecified atom stereocenters. The van der Waals surface area contributed by atoms with Crippen molar-refractivity contribution < 1.29 is 24.3 Å². The van der Waals surface area contributed by atoms with Gasteiger partial charge < -0.3 is 25.3 Å². The Hall–Kier alpha value is -0.970. The number of amides is 1. The Bertz CT molecular complexity index is 384. The van der Waals surface area contributed by atoms with Crippen molar-refractivity contribution in [2.75, 3.05) is 26.3 Å². The number of unbranched alkanes of at least 4 members (excludes halogenated alkanes) is 1. The van der Waals surface area contributed by atoms with Crippen molar-refractivity contribution in [3.63, 3.8) is 0 Å². The van der Waals surface area contributed by atoms with E-state index in [0.717, 1.165) is 32.2 Å². The van der Waals surface area contributed by atoms with Crippen molar-refractivity contribution in [2.24, 2.45) is 0 Å². The van der Waals surface area contributed by atoms with Gasteiger partial charge in [-0.05, 0) is 40.0 Å². The van der Waals surface area contributed by atoms with E-state index in [4.69, 9.17) is 14.4 Å². The second-order valence-electron chi connectivity index (χ2n) is 7.45. The van der Waals surface area contributed by atoms with Crippen LogP contribution in [-0.4, -0.2) is 61.4 Å². The Morgan fingerprint density at radius 3 is 2.65 bits per heavy atom. The van der Waals surface area contributed by atoms with Gasteiger partial charge in [0.05, 0.1) is 13.2 Å². The Morgan fingerprint density at radius 1 is 1.27 bits per heavy atom. The maximum absolute atomic E-state index is 11.5. The molecule has 1 amide bonds. The molecule has 5 N–H and O–H groups in total. The molecule has 154 valence electrons. The van der Waals surface area contributed by atoms with Crippen molar-refractivity contribution in [2.45, 2.75) is 77.3 Å². The number of piperidine rings is 1. The molecule has 1 saturated heterocycles. The van der Waals surface area contributed by atoms with Gasteiger partial charge in [-0.25, -0.2) is 4.79 Å². The smallest absolute Gasteiger partial charge is 0.407 e. The lowest BCUT2D eigenvalue weighted by atomic mass is 10.0. The highest BCUT2D eigenvalue weighted by molar-refractivity contribution is 5.67. The average molecular weight is 376 g/mol. The second kappa shape index (κ2) is 12.4. The number of aliphatic hydroxyl groups is 1. The number of carbonyl (C=O) groups is 1. The van der Waals surface area contributed by atoms with E-state index >= 15 is 0 Å². The summed E-state index contributed by atoms with van der Waals surface area (Å²) in [4.78, 5) is 22.1. The SMILES string of the molecule is CCCCON[C@@H]1CC[C@@H](C(O)NOCCNC(=O)OC(C)(C)C)NC1. The summed E-state index contributed by atoms with van der Waals surface area (Å²) in [5.41, 5.74) is 5.12. The topological polar surface area (TPSA) is 113 Å². The lowest BCUT2D eigenvalue weighted by Gasteiger charge is -2.32. The molecule has 26 heavy (non-hydrogen) atoms. The van der Waals surface area contributed by atoms with E-state index in [1.165, 1.54) is 0 Å². The van der Waals surface area contributed by atoms with Gasteiger partial charge in [0.2, 0.25) is 0 Å². The number of alkyl carbamates (subject to hydrolysis) is 1. The minimum absolute atomic E-state index is 0.0949. The fraction of sp³-hybridized carbons (Fsp3) is 0.941. The normalized spacial score (nSPS) is 22.0. The van der Waals surface area contributed by atoms with Gasteiger partial charge >= 0.3 is 6.09 Å². The summed E-state index contributed by atoms with van der Waals surface area (Å²) in [5.74, 6) is 0. The van der Waals surface area contributed by atoms with Crippen LogP contribution in [0.25, 0.3) is 0 Å². The van der Waals surface area contributed by atoms with E-state index in [0.29, 0.717) is 6.61 Å². The van der Waals surface area contributed by atoms with Crippen LogP contribution in [0, 0.1) is 0 Å². The molecular formula is C17H36N4O5. The molecule has 3 atom stereocenters. The molecule has 0 bridgehead atoms. The van der Waals surface area contributed by atoms with Crippen LogP contribution < -0.4 is 21.6 Å². The summed E-state index contributed by atoms with van der Waals surface area (Å²) in [5, 5.41) is 16.0. The molecular weight excluding hydrogens is 340 g/mol. The maximum Gasteiger partial charge on any atom is 0.407 e. The first-order valence-corrected chi connectivity index (χ1v) is 9.44. The zero-order valence-electron chi connectivity index (χ0n) is 16.5. The standard InChI is InChI=1S/C17H36N4O5/c1-5-6-10-24-20-13-7-8-14(19-12-13)15(22)21-25-11-9-18-16(23)26-17(2,3)4/h13-15,19-22H,5-12H2,1-4H3,(H,18,23)/t13-,14+,15?/m1/s1. The molecule has 0 saturated carbocycles. The van der Waals surface area contributed by atoms with Crippen molar-refractivity contribution in [1.29, 1.82) is 0 Å². The molecule has 1 aliphatic heterocycles. The summed E-state index contributed by atoms with van der Waals surface area (Å²) < 4.78 is 5.11. The predicted octanol–water partition coefficient (Wildman–Crippen LogP) is 0.793. The van der Waals surface area contributed by atoms with Crippen molar-refractivity contribution in [3.8, 4) is 0 Å². The summed E-state index contributed by atoms with van der Waals surface area (Å²) in [6.45, 7) is 9.47. The van der Waals surface area contributed by atoms with E-state index in [1.807, 2.05) is 0 Å².